The van der Waals surface area contributed by atoms with Crippen molar-refractivity contribution in [3.05, 3.63) is 83.4 Å². The number of halogens is 1. The molecular weight excluding hydrogens is 376 g/mol. The Kier molecular flexibility index (Phi) is 5.00. The molecule has 6 heteroatoms. The van der Waals surface area contributed by atoms with Crippen LogP contribution in [0.5, 0.6) is 11.5 Å². The molecule has 0 radical (unpaired) electrons. The van der Waals surface area contributed by atoms with Crippen LogP contribution >= 0.6 is 11.6 Å². The molecule has 3 aromatic rings. The Morgan fingerprint density at radius 2 is 1.64 bits per heavy atom. The van der Waals surface area contributed by atoms with Crippen LogP contribution in [-0.4, -0.2) is 11.8 Å². The van der Waals surface area contributed by atoms with Crippen LogP contribution in [0.25, 0.3) is 0 Å². The van der Waals surface area contributed by atoms with Crippen LogP contribution in [0.15, 0.2) is 72.8 Å². The van der Waals surface area contributed by atoms with E-state index in [9.17, 15) is 9.59 Å². The predicted octanol–water partition coefficient (Wildman–Crippen LogP) is 5.20. The average molecular weight is 393 g/mol. The monoisotopic (exact) mass is 392 g/mol. The Morgan fingerprint density at radius 1 is 0.964 bits per heavy atom. The number of para-hydroxylation sites is 4. The van der Waals surface area contributed by atoms with Gasteiger partial charge in [0.25, 0.3) is 0 Å². The molecule has 1 aliphatic rings. The highest BCUT2D eigenvalue weighted by molar-refractivity contribution is 6.32. The maximum absolute atomic E-state index is 13.0. The van der Waals surface area contributed by atoms with Crippen molar-refractivity contribution >= 4 is 34.8 Å². The summed E-state index contributed by atoms with van der Waals surface area (Å²) in [5.41, 5.74) is 1.97. The number of nitrogens with one attached hydrogen (secondary N) is 2. The van der Waals surface area contributed by atoms with Crippen LogP contribution in [0.4, 0.5) is 11.4 Å². The first-order chi connectivity index (χ1) is 13.6. The largest absolute Gasteiger partial charge is 0.454 e. The molecule has 0 spiro atoms. The molecule has 1 unspecified atom stereocenters. The normalized spacial score (nSPS) is 15.3. The van der Waals surface area contributed by atoms with E-state index in [-0.39, 0.29) is 18.2 Å². The number of rotatable bonds is 4. The fraction of sp³-hybridized carbons (Fsp3) is 0.0909. The Bertz CT molecular complexity index is 1050. The van der Waals surface area contributed by atoms with Gasteiger partial charge in [-0.25, -0.2) is 0 Å². The fourth-order valence-electron chi connectivity index (χ4n) is 3.17. The fourth-order valence-corrected chi connectivity index (χ4v) is 3.34. The molecule has 0 saturated heterocycles. The summed E-state index contributed by atoms with van der Waals surface area (Å²) < 4.78 is 5.89. The zero-order chi connectivity index (χ0) is 19.5. The Balaban J connectivity index is 1.59. The van der Waals surface area contributed by atoms with E-state index in [1.807, 2.05) is 36.4 Å². The van der Waals surface area contributed by atoms with Gasteiger partial charge in [0.05, 0.1) is 16.6 Å². The maximum Gasteiger partial charge on any atom is 0.232 e. The molecule has 2 N–H and O–H groups in total. The lowest BCUT2D eigenvalue weighted by molar-refractivity contribution is -0.123. The van der Waals surface area contributed by atoms with Crippen molar-refractivity contribution in [2.75, 3.05) is 10.6 Å². The van der Waals surface area contributed by atoms with Gasteiger partial charge >= 0.3 is 0 Å². The SMILES string of the molecule is O=C1CC(C(=O)Nc2ccccc2Oc2ccccc2Cl)c2ccccc2N1. The molecule has 0 fully saturated rings. The van der Waals surface area contributed by atoms with Gasteiger partial charge < -0.3 is 15.4 Å². The van der Waals surface area contributed by atoms with Gasteiger partial charge in [-0.05, 0) is 35.9 Å². The first kappa shape index (κ1) is 18.1. The lowest BCUT2D eigenvalue weighted by Crippen LogP contribution is -2.30. The van der Waals surface area contributed by atoms with E-state index in [0.29, 0.717) is 27.9 Å². The van der Waals surface area contributed by atoms with E-state index in [1.165, 1.54) is 0 Å². The third-order valence-corrected chi connectivity index (χ3v) is 4.83. The first-order valence-corrected chi connectivity index (χ1v) is 9.20. The number of fused-ring (bicyclic) bond motifs is 1. The minimum Gasteiger partial charge on any atom is -0.454 e. The molecule has 4 rings (SSSR count). The van der Waals surface area contributed by atoms with E-state index in [2.05, 4.69) is 10.6 Å². The minimum absolute atomic E-state index is 0.0936. The number of carbonyl (C=O) groups is 2. The molecule has 0 aliphatic carbocycles. The molecule has 0 aromatic heterocycles. The standard InChI is InChI=1S/C22H17ClN2O3/c23-16-8-2-5-11-19(16)28-20-12-6-4-10-18(20)25-22(27)15-13-21(26)24-17-9-3-1-7-14(15)17/h1-12,15H,13H2,(H,24,26)(H,25,27). The van der Waals surface area contributed by atoms with Crippen molar-refractivity contribution in [1.82, 2.24) is 0 Å². The molecule has 28 heavy (non-hydrogen) atoms. The van der Waals surface area contributed by atoms with Crippen molar-refractivity contribution in [2.45, 2.75) is 12.3 Å². The van der Waals surface area contributed by atoms with Crippen molar-refractivity contribution in [3.63, 3.8) is 0 Å². The van der Waals surface area contributed by atoms with E-state index in [4.69, 9.17) is 16.3 Å². The predicted molar refractivity (Wildman–Crippen MR) is 109 cm³/mol. The number of ether oxygens (including phenoxy) is 1. The molecule has 0 saturated carbocycles. The Labute approximate surface area is 167 Å². The molecule has 3 aromatic carbocycles. The Hall–Kier alpha value is -3.31. The van der Waals surface area contributed by atoms with Crippen LogP contribution in [0.1, 0.15) is 17.9 Å². The first-order valence-electron chi connectivity index (χ1n) is 8.83. The van der Waals surface area contributed by atoms with Crippen molar-refractivity contribution in [1.29, 1.82) is 0 Å². The van der Waals surface area contributed by atoms with E-state index in [0.717, 1.165) is 5.56 Å². The van der Waals surface area contributed by atoms with Crippen LogP contribution < -0.4 is 15.4 Å². The van der Waals surface area contributed by atoms with Crippen molar-refractivity contribution in [3.8, 4) is 11.5 Å². The van der Waals surface area contributed by atoms with Gasteiger partial charge in [-0.1, -0.05) is 54.1 Å². The van der Waals surface area contributed by atoms with Crippen LogP contribution in [0, 0.1) is 0 Å². The smallest absolute Gasteiger partial charge is 0.232 e. The summed E-state index contributed by atoms with van der Waals surface area (Å²) in [7, 11) is 0. The summed E-state index contributed by atoms with van der Waals surface area (Å²) in [6.45, 7) is 0. The van der Waals surface area contributed by atoms with E-state index in [1.54, 1.807) is 36.4 Å². The number of benzene rings is 3. The molecular formula is C22H17ClN2O3. The molecule has 1 aliphatic heterocycles. The molecule has 1 heterocycles. The molecule has 140 valence electrons. The van der Waals surface area contributed by atoms with Crippen LogP contribution in [0.2, 0.25) is 5.02 Å². The number of carbonyl (C=O) groups excluding carboxylic acids is 2. The highest BCUT2D eigenvalue weighted by Crippen LogP contribution is 2.36. The second-order valence-corrected chi connectivity index (χ2v) is 6.82. The summed E-state index contributed by atoms with van der Waals surface area (Å²) in [5, 5.41) is 6.17. The van der Waals surface area contributed by atoms with Gasteiger partial charge in [0, 0.05) is 12.1 Å². The van der Waals surface area contributed by atoms with E-state index < -0.39 is 5.92 Å². The second-order valence-electron chi connectivity index (χ2n) is 6.41. The summed E-state index contributed by atoms with van der Waals surface area (Å²) in [5.74, 6) is -0.0546. The third-order valence-electron chi connectivity index (χ3n) is 4.52. The van der Waals surface area contributed by atoms with Gasteiger partial charge in [0.1, 0.15) is 5.75 Å². The zero-order valence-corrected chi connectivity index (χ0v) is 15.6. The number of amides is 2. The summed E-state index contributed by atoms with van der Waals surface area (Å²) in [4.78, 5) is 25.0. The summed E-state index contributed by atoms with van der Waals surface area (Å²) in [6, 6.07) is 21.6. The van der Waals surface area contributed by atoms with Gasteiger partial charge in [0.2, 0.25) is 11.8 Å². The van der Waals surface area contributed by atoms with Gasteiger partial charge in [-0.15, -0.1) is 0 Å². The highest BCUT2D eigenvalue weighted by atomic mass is 35.5. The molecule has 2 amide bonds. The Morgan fingerprint density at radius 3 is 2.46 bits per heavy atom. The minimum atomic E-state index is -0.571. The molecule has 0 bridgehead atoms. The quantitative estimate of drug-likeness (QED) is 0.641. The number of hydrogen-bond acceptors (Lipinski definition) is 3. The lowest BCUT2D eigenvalue weighted by Gasteiger charge is -2.25. The van der Waals surface area contributed by atoms with Gasteiger partial charge in [0.15, 0.2) is 5.75 Å². The second kappa shape index (κ2) is 7.74. The van der Waals surface area contributed by atoms with E-state index >= 15 is 0 Å². The number of anilines is 2. The van der Waals surface area contributed by atoms with Gasteiger partial charge in [-0.2, -0.15) is 0 Å². The topological polar surface area (TPSA) is 67.4 Å². The lowest BCUT2D eigenvalue weighted by atomic mass is 9.90. The maximum atomic E-state index is 13.0. The average Bonchev–Trinajstić information content (AvgIpc) is 2.70. The van der Waals surface area contributed by atoms with Crippen molar-refractivity contribution in [2.24, 2.45) is 0 Å². The molecule has 5 nitrogen and oxygen atoms in total. The van der Waals surface area contributed by atoms with Gasteiger partial charge in [-0.3, -0.25) is 9.59 Å². The summed E-state index contributed by atoms with van der Waals surface area (Å²) in [6.07, 6.45) is 0.0936. The van der Waals surface area contributed by atoms with Crippen LogP contribution in [0.3, 0.4) is 0 Å². The summed E-state index contributed by atoms with van der Waals surface area (Å²) >= 11 is 6.17. The third kappa shape index (κ3) is 3.70. The molecule has 1 atom stereocenters. The zero-order valence-electron chi connectivity index (χ0n) is 14.8. The van der Waals surface area contributed by atoms with Crippen molar-refractivity contribution < 1.29 is 14.3 Å². The van der Waals surface area contributed by atoms with Crippen LogP contribution in [-0.2, 0) is 9.59 Å². The highest BCUT2D eigenvalue weighted by Gasteiger charge is 2.30. The number of hydrogen-bond donors (Lipinski definition) is 2.